The topological polar surface area (TPSA) is 80.5 Å². The van der Waals surface area contributed by atoms with Crippen LogP contribution in [0.5, 0.6) is 0 Å². The molecular weight excluding hydrogens is 276 g/mol. The second kappa shape index (κ2) is 6.85. The van der Waals surface area contributed by atoms with Crippen LogP contribution in [-0.4, -0.2) is 44.3 Å². The lowest BCUT2D eigenvalue weighted by Gasteiger charge is -2.25. The summed E-state index contributed by atoms with van der Waals surface area (Å²) in [7, 11) is -1.50. The van der Waals surface area contributed by atoms with Crippen molar-refractivity contribution in [3.63, 3.8) is 0 Å². The molecule has 0 aliphatic rings. The fourth-order valence-electron chi connectivity index (χ4n) is 1.95. The van der Waals surface area contributed by atoms with E-state index in [9.17, 15) is 13.2 Å². The number of nitrogens with zero attached hydrogens (tertiary/aromatic N) is 1. The number of carbonyl (C=O) groups excluding carboxylic acids is 1. The Labute approximate surface area is 120 Å². The molecule has 5 nitrogen and oxygen atoms in total. The first-order valence-electron chi connectivity index (χ1n) is 6.44. The molecule has 0 bridgehead atoms. The van der Waals surface area contributed by atoms with Crippen LogP contribution >= 0.6 is 0 Å². The first-order valence-corrected chi connectivity index (χ1v) is 8.50. The normalized spacial score (nSPS) is 14.6. The third kappa shape index (κ3) is 5.30. The number of benzene rings is 1. The monoisotopic (exact) mass is 298 g/mol. The minimum atomic E-state index is -3.11. The molecule has 2 N–H and O–H groups in total. The van der Waals surface area contributed by atoms with E-state index in [0.29, 0.717) is 0 Å². The summed E-state index contributed by atoms with van der Waals surface area (Å²) >= 11 is 0. The van der Waals surface area contributed by atoms with Crippen LogP contribution in [0.25, 0.3) is 0 Å². The fraction of sp³-hybridized carbons (Fsp3) is 0.500. The van der Waals surface area contributed by atoms with Crippen LogP contribution in [0.15, 0.2) is 30.3 Å². The Morgan fingerprint density at radius 2 is 1.85 bits per heavy atom. The van der Waals surface area contributed by atoms with Gasteiger partial charge in [-0.3, -0.25) is 4.79 Å². The molecule has 1 aromatic carbocycles. The van der Waals surface area contributed by atoms with E-state index in [1.807, 2.05) is 30.3 Å². The van der Waals surface area contributed by atoms with Gasteiger partial charge in [-0.05, 0) is 12.5 Å². The largest absolute Gasteiger partial charge is 0.342 e. The van der Waals surface area contributed by atoms with E-state index in [4.69, 9.17) is 5.73 Å². The van der Waals surface area contributed by atoms with E-state index < -0.39 is 9.84 Å². The van der Waals surface area contributed by atoms with Gasteiger partial charge in [0.1, 0.15) is 9.84 Å². The minimum absolute atomic E-state index is 0.0458. The van der Waals surface area contributed by atoms with Crippen molar-refractivity contribution in [1.29, 1.82) is 0 Å². The van der Waals surface area contributed by atoms with Crippen LogP contribution in [0.3, 0.4) is 0 Å². The third-order valence-corrected chi connectivity index (χ3v) is 4.31. The molecule has 0 aliphatic carbocycles. The molecule has 0 aliphatic heterocycles. The molecule has 1 aromatic rings. The predicted octanol–water partition coefficient (Wildman–Crippen LogP) is 0.968. The third-order valence-electron chi connectivity index (χ3n) is 3.22. The van der Waals surface area contributed by atoms with Crippen LogP contribution in [0.4, 0.5) is 0 Å². The number of rotatable bonds is 6. The summed E-state index contributed by atoms with van der Waals surface area (Å²) in [4.78, 5) is 13.6. The second-order valence-corrected chi connectivity index (χ2v) is 7.35. The maximum Gasteiger partial charge on any atom is 0.224 e. The molecule has 0 saturated heterocycles. The highest BCUT2D eigenvalue weighted by Crippen LogP contribution is 2.15. The maximum absolute atomic E-state index is 12.1. The molecule has 112 valence electrons. The van der Waals surface area contributed by atoms with Gasteiger partial charge < -0.3 is 10.6 Å². The van der Waals surface area contributed by atoms with Gasteiger partial charge in [0.2, 0.25) is 5.91 Å². The quantitative estimate of drug-likeness (QED) is 0.848. The average molecular weight is 298 g/mol. The number of carbonyl (C=O) groups is 1. The van der Waals surface area contributed by atoms with Gasteiger partial charge in [0.15, 0.2) is 0 Å². The number of nitrogens with two attached hydrogens (primary N) is 1. The average Bonchev–Trinajstić information content (AvgIpc) is 2.36. The van der Waals surface area contributed by atoms with Crippen molar-refractivity contribution in [2.45, 2.75) is 25.4 Å². The van der Waals surface area contributed by atoms with Crippen LogP contribution in [-0.2, 0) is 14.6 Å². The van der Waals surface area contributed by atoms with E-state index in [-0.39, 0.29) is 30.2 Å². The molecule has 6 heteroatoms. The lowest BCUT2D eigenvalue weighted by Crippen LogP contribution is -2.40. The molecule has 0 radical (unpaired) electrons. The van der Waals surface area contributed by atoms with Gasteiger partial charge in [-0.15, -0.1) is 0 Å². The standard InChI is InChI=1S/C14H22N2O3S/c1-11(10-20(3,18)19)16(2)14(17)9-13(15)12-7-5-4-6-8-12/h4-8,11,13H,9-10,15H2,1-3H3/t11-,13-/m1/s1. The van der Waals surface area contributed by atoms with E-state index in [1.165, 1.54) is 4.90 Å². The summed E-state index contributed by atoms with van der Waals surface area (Å²) in [6.45, 7) is 1.72. The predicted molar refractivity (Wildman–Crippen MR) is 79.9 cm³/mol. The van der Waals surface area contributed by atoms with Crippen LogP contribution in [0.2, 0.25) is 0 Å². The number of hydrogen-bond acceptors (Lipinski definition) is 4. The summed E-state index contributed by atoms with van der Waals surface area (Å²) in [6, 6.07) is 8.64. The SMILES string of the molecule is C[C@H](CS(C)(=O)=O)N(C)C(=O)C[C@@H](N)c1ccccc1. The van der Waals surface area contributed by atoms with E-state index in [2.05, 4.69) is 0 Å². The molecular formula is C14H22N2O3S. The van der Waals surface area contributed by atoms with Crippen molar-refractivity contribution >= 4 is 15.7 Å². The maximum atomic E-state index is 12.1. The second-order valence-electron chi connectivity index (χ2n) is 5.17. The molecule has 20 heavy (non-hydrogen) atoms. The summed E-state index contributed by atoms with van der Waals surface area (Å²) < 4.78 is 22.5. The highest BCUT2D eigenvalue weighted by atomic mass is 32.2. The van der Waals surface area contributed by atoms with Gasteiger partial charge in [-0.2, -0.15) is 0 Å². The Morgan fingerprint density at radius 3 is 2.35 bits per heavy atom. The Bertz CT molecular complexity index is 543. The number of hydrogen-bond donors (Lipinski definition) is 1. The zero-order chi connectivity index (χ0) is 15.3. The smallest absolute Gasteiger partial charge is 0.224 e. The van der Waals surface area contributed by atoms with Crippen LogP contribution in [0.1, 0.15) is 24.9 Å². The van der Waals surface area contributed by atoms with E-state index in [0.717, 1.165) is 11.8 Å². The lowest BCUT2D eigenvalue weighted by molar-refractivity contribution is -0.131. The lowest BCUT2D eigenvalue weighted by atomic mass is 10.0. The Kier molecular flexibility index (Phi) is 5.71. The van der Waals surface area contributed by atoms with E-state index in [1.54, 1.807) is 14.0 Å². The molecule has 0 saturated carbocycles. The molecule has 0 spiro atoms. The zero-order valence-corrected chi connectivity index (χ0v) is 12.9. The molecule has 0 aromatic heterocycles. The molecule has 0 fully saturated rings. The molecule has 0 heterocycles. The van der Waals surface area contributed by atoms with Crippen LogP contribution in [0, 0.1) is 0 Å². The van der Waals surface area contributed by atoms with Crippen molar-refractivity contribution in [2.24, 2.45) is 5.73 Å². The fourth-order valence-corrected chi connectivity index (χ4v) is 3.05. The van der Waals surface area contributed by atoms with Crippen molar-refractivity contribution < 1.29 is 13.2 Å². The van der Waals surface area contributed by atoms with Gasteiger partial charge in [0.05, 0.1) is 5.75 Å². The molecule has 1 amide bonds. The van der Waals surface area contributed by atoms with Crippen molar-refractivity contribution in [3.05, 3.63) is 35.9 Å². The van der Waals surface area contributed by atoms with Crippen molar-refractivity contribution in [3.8, 4) is 0 Å². The van der Waals surface area contributed by atoms with Gasteiger partial charge >= 0.3 is 0 Å². The Morgan fingerprint density at radius 1 is 1.30 bits per heavy atom. The number of amides is 1. The number of sulfone groups is 1. The van der Waals surface area contributed by atoms with Gasteiger partial charge in [0, 0.05) is 31.8 Å². The Balaban J connectivity index is 2.62. The Hall–Kier alpha value is -1.40. The van der Waals surface area contributed by atoms with E-state index >= 15 is 0 Å². The first kappa shape index (κ1) is 16.7. The van der Waals surface area contributed by atoms with Crippen LogP contribution < -0.4 is 5.73 Å². The summed E-state index contributed by atoms with van der Waals surface area (Å²) in [5, 5.41) is 0. The molecule has 0 unspecified atom stereocenters. The molecule has 2 atom stereocenters. The molecule has 1 rings (SSSR count). The zero-order valence-electron chi connectivity index (χ0n) is 12.1. The first-order chi connectivity index (χ1) is 9.20. The summed E-state index contributed by atoms with van der Waals surface area (Å²) in [5.74, 6) is -0.201. The highest BCUT2D eigenvalue weighted by molar-refractivity contribution is 7.90. The summed E-state index contributed by atoms with van der Waals surface area (Å²) in [6.07, 6.45) is 1.33. The van der Waals surface area contributed by atoms with Crippen molar-refractivity contribution in [2.75, 3.05) is 19.1 Å². The summed E-state index contributed by atoms with van der Waals surface area (Å²) in [5.41, 5.74) is 6.89. The highest BCUT2D eigenvalue weighted by Gasteiger charge is 2.21. The van der Waals surface area contributed by atoms with Crippen molar-refractivity contribution in [1.82, 2.24) is 4.90 Å². The van der Waals surface area contributed by atoms with Gasteiger partial charge in [0.25, 0.3) is 0 Å². The minimum Gasteiger partial charge on any atom is -0.342 e. The van der Waals surface area contributed by atoms with Gasteiger partial charge in [-0.1, -0.05) is 30.3 Å². The van der Waals surface area contributed by atoms with Gasteiger partial charge in [-0.25, -0.2) is 8.42 Å².